The molecule has 0 spiro atoms. The average molecular weight is 396 g/mol. The van der Waals surface area contributed by atoms with E-state index in [2.05, 4.69) is 22.8 Å². The van der Waals surface area contributed by atoms with Crippen molar-refractivity contribution in [3.8, 4) is 0 Å². The van der Waals surface area contributed by atoms with Crippen LogP contribution in [0.3, 0.4) is 0 Å². The van der Waals surface area contributed by atoms with E-state index in [9.17, 15) is 0 Å². The fraction of sp³-hybridized carbons (Fsp3) is 0.136. The van der Waals surface area contributed by atoms with Gasteiger partial charge in [-0.3, -0.25) is 0 Å². The molecule has 2 N–H and O–H groups in total. The number of hydrogen-bond donors (Lipinski definition) is 2. The summed E-state index contributed by atoms with van der Waals surface area (Å²) in [6.45, 7) is 0.692. The Hall–Kier alpha value is -2.49. The molecule has 3 nitrogen and oxygen atoms in total. The quantitative estimate of drug-likeness (QED) is 0.609. The van der Waals surface area contributed by atoms with E-state index in [1.807, 2.05) is 66.7 Å². The Morgan fingerprint density at radius 1 is 0.778 bits per heavy atom. The third-order valence-corrected chi connectivity index (χ3v) is 5.33. The van der Waals surface area contributed by atoms with Gasteiger partial charge in [0.25, 0.3) is 0 Å². The minimum atomic E-state index is -0.156. The van der Waals surface area contributed by atoms with Gasteiger partial charge in [-0.15, -0.1) is 0 Å². The summed E-state index contributed by atoms with van der Waals surface area (Å²) in [4.78, 5) is 4.88. The Bertz CT molecular complexity index is 957. The maximum atomic E-state index is 6.47. The van der Waals surface area contributed by atoms with E-state index in [0.29, 0.717) is 16.6 Å². The van der Waals surface area contributed by atoms with Crippen molar-refractivity contribution < 1.29 is 0 Å². The van der Waals surface area contributed by atoms with Crippen LogP contribution in [0.4, 0.5) is 0 Å². The molecule has 0 saturated carbocycles. The van der Waals surface area contributed by atoms with Gasteiger partial charge in [-0.25, -0.2) is 4.99 Å². The van der Waals surface area contributed by atoms with E-state index < -0.39 is 0 Å². The minimum Gasteiger partial charge on any atom is -0.352 e. The molecule has 0 radical (unpaired) electrons. The normalized spacial score (nSPS) is 18.7. The monoisotopic (exact) mass is 395 g/mol. The van der Waals surface area contributed by atoms with Crippen molar-refractivity contribution in [3.05, 3.63) is 106 Å². The predicted molar refractivity (Wildman–Crippen MR) is 112 cm³/mol. The second kappa shape index (κ2) is 8.03. The molecule has 0 amide bonds. The number of guanidine groups is 1. The van der Waals surface area contributed by atoms with E-state index in [4.69, 9.17) is 28.2 Å². The highest BCUT2D eigenvalue weighted by atomic mass is 35.5. The smallest absolute Gasteiger partial charge is 0.192 e. The van der Waals surface area contributed by atoms with Crippen LogP contribution in [0, 0.1) is 0 Å². The Kier molecular flexibility index (Phi) is 5.33. The fourth-order valence-corrected chi connectivity index (χ4v) is 3.80. The molecule has 0 aromatic heterocycles. The van der Waals surface area contributed by atoms with Crippen LogP contribution in [0.25, 0.3) is 0 Å². The molecule has 0 bridgehead atoms. The summed E-state index contributed by atoms with van der Waals surface area (Å²) in [5.41, 5.74) is 3.18. The molecule has 136 valence electrons. The van der Waals surface area contributed by atoms with Gasteiger partial charge in [-0.1, -0.05) is 89.9 Å². The molecular weight excluding hydrogens is 377 g/mol. The van der Waals surface area contributed by atoms with Crippen LogP contribution in [0.15, 0.2) is 83.9 Å². The van der Waals surface area contributed by atoms with E-state index in [-0.39, 0.29) is 12.1 Å². The van der Waals surface area contributed by atoms with E-state index >= 15 is 0 Å². The van der Waals surface area contributed by atoms with Crippen LogP contribution in [0.2, 0.25) is 10.0 Å². The number of nitrogens with one attached hydrogen (secondary N) is 2. The molecule has 1 heterocycles. The van der Waals surface area contributed by atoms with Crippen molar-refractivity contribution in [2.75, 3.05) is 0 Å². The average Bonchev–Trinajstić information content (AvgIpc) is 3.12. The molecule has 1 aliphatic heterocycles. The van der Waals surface area contributed by atoms with Gasteiger partial charge in [0.15, 0.2) is 5.96 Å². The zero-order chi connectivity index (χ0) is 18.6. The van der Waals surface area contributed by atoms with Gasteiger partial charge in [0.05, 0.1) is 6.04 Å². The number of halogens is 2. The Labute approximate surface area is 169 Å². The molecule has 3 aromatic carbocycles. The maximum absolute atomic E-state index is 6.47. The molecule has 0 unspecified atom stereocenters. The van der Waals surface area contributed by atoms with Gasteiger partial charge < -0.3 is 10.6 Å². The number of nitrogens with zero attached hydrogens (tertiary/aromatic N) is 1. The summed E-state index contributed by atoms with van der Waals surface area (Å²) >= 11 is 12.9. The van der Waals surface area contributed by atoms with Gasteiger partial charge in [0.2, 0.25) is 0 Å². The number of aliphatic imine (C=N–C) groups is 1. The molecule has 4 rings (SSSR count). The lowest BCUT2D eigenvalue weighted by Gasteiger charge is -2.21. The summed E-state index contributed by atoms with van der Waals surface area (Å²) in [5, 5.41) is 8.30. The van der Waals surface area contributed by atoms with Crippen molar-refractivity contribution in [3.63, 3.8) is 0 Å². The van der Waals surface area contributed by atoms with Gasteiger partial charge >= 0.3 is 0 Å². The lowest BCUT2D eigenvalue weighted by atomic mass is 9.95. The van der Waals surface area contributed by atoms with Crippen molar-refractivity contribution in [2.45, 2.75) is 18.6 Å². The van der Waals surface area contributed by atoms with Crippen molar-refractivity contribution in [2.24, 2.45) is 4.99 Å². The van der Waals surface area contributed by atoms with Gasteiger partial charge in [-0.05, 0) is 28.8 Å². The zero-order valence-electron chi connectivity index (χ0n) is 14.6. The molecule has 1 aliphatic rings. The van der Waals surface area contributed by atoms with Crippen LogP contribution in [0.5, 0.6) is 0 Å². The zero-order valence-corrected chi connectivity index (χ0v) is 16.1. The highest BCUT2D eigenvalue weighted by molar-refractivity contribution is 6.32. The third kappa shape index (κ3) is 3.95. The Balaban J connectivity index is 1.63. The van der Waals surface area contributed by atoms with Crippen LogP contribution < -0.4 is 10.6 Å². The topological polar surface area (TPSA) is 36.4 Å². The lowest BCUT2D eigenvalue weighted by molar-refractivity contribution is 0.570. The number of benzene rings is 3. The molecule has 0 aliphatic carbocycles. The van der Waals surface area contributed by atoms with Gasteiger partial charge in [-0.2, -0.15) is 0 Å². The van der Waals surface area contributed by atoms with Crippen LogP contribution in [-0.4, -0.2) is 5.96 Å². The van der Waals surface area contributed by atoms with Crippen LogP contribution >= 0.6 is 23.2 Å². The van der Waals surface area contributed by atoms with E-state index in [1.165, 1.54) is 5.56 Å². The molecule has 0 fully saturated rings. The standard InChI is InChI=1S/C22H19Cl2N3/c23-18-12-6-4-10-16(18)20-21(17-11-5-7-13-19(17)24)27-22(26-20)25-14-15-8-2-1-3-9-15/h1-13,20-21H,14H2,(H2,25,26,27)/t20-,21+. The summed E-state index contributed by atoms with van der Waals surface area (Å²) in [7, 11) is 0. The van der Waals surface area contributed by atoms with E-state index in [0.717, 1.165) is 17.1 Å². The Morgan fingerprint density at radius 2 is 1.37 bits per heavy atom. The highest BCUT2D eigenvalue weighted by Gasteiger charge is 2.33. The number of rotatable bonds is 4. The highest BCUT2D eigenvalue weighted by Crippen LogP contribution is 2.40. The summed E-state index contributed by atoms with van der Waals surface area (Å²) in [6, 6.07) is 25.7. The Morgan fingerprint density at radius 3 is 2.04 bits per heavy atom. The largest absolute Gasteiger partial charge is 0.352 e. The molecule has 5 heteroatoms. The van der Waals surface area contributed by atoms with Crippen molar-refractivity contribution in [1.82, 2.24) is 10.6 Å². The second-order valence-corrected chi connectivity index (χ2v) is 7.24. The summed E-state index contributed by atoms with van der Waals surface area (Å²) in [5.74, 6) is 0.744. The van der Waals surface area contributed by atoms with Crippen LogP contribution in [0.1, 0.15) is 28.8 Å². The first-order chi connectivity index (χ1) is 13.2. The van der Waals surface area contributed by atoms with Gasteiger partial charge in [0, 0.05) is 16.6 Å². The predicted octanol–water partition coefficient (Wildman–Crippen LogP) is 5.52. The molecule has 2 atom stereocenters. The SMILES string of the molecule is Clc1ccccc1[C@H]1NC(NCc2ccccc2)=N[C@H]1c1ccccc1Cl. The van der Waals surface area contributed by atoms with E-state index in [1.54, 1.807) is 0 Å². The lowest BCUT2D eigenvalue weighted by Crippen LogP contribution is -2.35. The third-order valence-electron chi connectivity index (χ3n) is 4.64. The van der Waals surface area contributed by atoms with Crippen LogP contribution in [-0.2, 0) is 6.54 Å². The summed E-state index contributed by atoms with van der Waals surface area (Å²) < 4.78 is 0. The fourth-order valence-electron chi connectivity index (χ4n) is 3.29. The minimum absolute atomic E-state index is 0.0862. The molecule has 0 saturated heterocycles. The first-order valence-corrected chi connectivity index (χ1v) is 9.59. The first-order valence-electron chi connectivity index (χ1n) is 8.83. The molecule has 3 aromatic rings. The second-order valence-electron chi connectivity index (χ2n) is 6.43. The van der Waals surface area contributed by atoms with Gasteiger partial charge in [0.1, 0.15) is 6.04 Å². The van der Waals surface area contributed by atoms with Crippen molar-refractivity contribution >= 4 is 29.2 Å². The maximum Gasteiger partial charge on any atom is 0.192 e. The summed E-state index contributed by atoms with van der Waals surface area (Å²) in [6.07, 6.45) is 0. The molecule has 27 heavy (non-hydrogen) atoms. The first kappa shape index (κ1) is 17.9. The number of hydrogen-bond acceptors (Lipinski definition) is 3. The molecular formula is C22H19Cl2N3. The van der Waals surface area contributed by atoms with Crippen molar-refractivity contribution in [1.29, 1.82) is 0 Å².